The highest BCUT2D eigenvalue weighted by atomic mass is 16.6. The molecule has 5 rings (SSSR count). The van der Waals surface area contributed by atoms with E-state index in [0.29, 0.717) is 6.42 Å². The molecule has 3 aliphatic carbocycles. The molecule has 0 radical (unpaired) electrons. The van der Waals surface area contributed by atoms with Crippen molar-refractivity contribution in [3.8, 4) is 0 Å². The number of furan rings is 1. The zero-order chi connectivity index (χ0) is 27.0. The lowest BCUT2D eigenvalue weighted by Crippen LogP contribution is -2.67. The first kappa shape index (κ1) is 26.1. The van der Waals surface area contributed by atoms with Crippen LogP contribution >= 0.6 is 0 Å². The van der Waals surface area contributed by atoms with Crippen LogP contribution in [0.4, 0.5) is 0 Å². The van der Waals surface area contributed by atoms with Gasteiger partial charge in [0.05, 0.1) is 12.5 Å². The third kappa shape index (κ3) is 3.70. The Kier molecular flexibility index (Phi) is 5.96. The van der Waals surface area contributed by atoms with Gasteiger partial charge in [0.15, 0.2) is 0 Å². The van der Waals surface area contributed by atoms with Crippen molar-refractivity contribution in [2.75, 3.05) is 0 Å². The van der Waals surface area contributed by atoms with E-state index < -0.39 is 23.0 Å². The van der Waals surface area contributed by atoms with Gasteiger partial charge in [-0.3, -0.25) is 9.59 Å². The third-order valence-corrected chi connectivity index (χ3v) is 10.8. The molecular formula is C30H40O7. The average molecular weight is 513 g/mol. The number of esters is 3. The summed E-state index contributed by atoms with van der Waals surface area (Å²) in [6.07, 6.45) is 7.98. The lowest BCUT2D eigenvalue weighted by molar-refractivity contribution is -0.230. The largest absolute Gasteiger partial charge is 0.472 e. The van der Waals surface area contributed by atoms with Gasteiger partial charge in [0.25, 0.3) is 0 Å². The van der Waals surface area contributed by atoms with Crippen LogP contribution in [0.25, 0.3) is 0 Å². The first-order chi connectivity index (χ1) is 17.2. The molecule has 0 bridgehead atoms. The Morgan fingerprint density at radius 3 is 2.24 bits per heavy atom. The van der Waals surface area contributed by atoms with Gasteiger partial charge in [-0.1, -0.05) is 34.6 Å². The van der Waals surface area contributed by atoms with Crippen LogP contribution in [-0.4, -0.2) is 30.1 Å². The molecule has 0 N–H and O–H groups in total. The molecule has 3 saturated carbocycles. The lowest BCUT2D eigenvalue weighted by Gasteiger charge is -2.69. The second-order valence-electron chi connectivity index (χ2n) is 13.1. The highest BCUT2D eigenvalue weighted by molar-refractivity contribution is 5.85. The number of ether oxygens (including phenoxy) is 3. The van der Waals surface area contributed by atoms with Crippen LogP contribution < -0.4 is 0 Å². The van der Waals surface area contributed by atoms with Crippen molar-refractivity contribution < 1.29 is 33.0 Å². The fourth-order valence-corrected chi connectivity index (χ4v) is 9.24. The zero-order valence-electron chi connectivity index (χ0n) is 23.1. The highest BCUT2D eigenvalue weighted by Gasteiger charge is 2.70. The summed E-state index contributed by atoms with van der Waals surface area (Å²) in [6.45, 7) is 14.0. The standard InChI is InChI=1S/C30H40O7/c1-17(31)35-23-9-12-28(5)20-8-11-29(6)22(15-25(33)37-26(29)19-10-13-34-16-19)30(20,7)24(36-18(2)32)14-21(28)27(23,3)4/h10,13,15-16,20-21,23-24,26H,8-9,11-12,14H2,1-7H3/t20?,21?,23-,24-,26+,28-,29-,30-/m0/s1. The van der Waals surface area contributed by atoms with E-state index in [4.69, 9.17) is 18.6 Å². The van der Waals surface area contributed by atoms with Crippen LogP contribution in [0.1, 0.15) is 92.2 Å². The SMILES string of the molecule is CC(=O)O[C@H]1CC[C@]2(C)C(C[C@H](OC(C)=O)[C@]3(C)C4=CC(=O)O[C@H](c5ccoc5)[C@@]4(C)CCC23)C1(C)C. The summed E-state index contributed by atoms with van der Waals surface area (Å²) < 4.78 is 23.3. The summed E-state index contributed by atoms with van der Waals surface area (Å²) >= 11 is 0. The number of carbonyl (C=O) groups excluding carboxylic acids is 3. The van der Waals surface area contributed by atoms with E-state index in [1.807, 2.05) is 6.07 Å². The van der Waals surface area contributed by atoms with Gasteiger partial charge >= 0.3 is 17.9 Å². The first-order valence-electron chi connectivity index (χ1n) is 13.5. The number of hydrogen-bond donors (Lipinski definition) is 0. The summed E-state index contributed by atoms with van der Waals surface area (Å²) in [4.78, 5) is 37.4. The van der Waals surface area contributed by atoms with Gasteiger partial charge in [0.2, 0.25) is 0 Å². The first-order valence-corrected chi connectivity index (χ1v) is 13.5. The number of fused-ring (bicyclic) bond motifs is 5. The second kappa shape index (κ2) is 8.47. The molecule has 2 heterocycles. The molecule has 3 fully saturated rings. The van der Waals surface area contributed by atoms with E-state index in [2.05, 4.69) is 34.6 Å². The maximum atomic E-state index is 13.0. The van der Waals surface area contributed by atoms with Crippen LogP contribution in [0.2, 0.25) is 0 Å². The van der Waals surface area contributed by atoms with Gasteiger partial charge in [0, 0.05) is 41.7 Å². The molecule has 37 heavy (non-hydrogen) atoms. The van der Waals surface area contributed by atoms with E-state index in [1.54, 1.807) is 18.6 Å². The topological polar surface area (TPSA) is 92.0 Å². The number of carbonyl (C=O) groups is 3. The van der Waals surface area contributed by atoms with Gasteiger partial charge in [-0.2, -0.15) is 0 Å². The van der Waals surface area contributed by atoms with E-state index in [9.17, 15) is 14.4 Å². The third-order valence-electron chi connectivity index (χ3n) is 10.8. The summed E-state index contributed by atoms with van der Waals surface area (Å²) in [6, 6.07) is 1.86. The maximum absolute atomic E-state index is 13.0. The minimum Gasteiger partial charge on any atom is -0.472 e. The smallest absolute Gasteiger partial charge is 0.331 e. The van der Waals surface area contributed by atoms with Crippen LogP contribution in [0.5, 0.6) is 0 Å². The van der Waals surface area contributed by atoms with Crippen molar-refractivity contribution in [2.24, 2.45) is 33.5 Å². The second-order valence-corrected chi connectivity index (χ2v) is 13.1. The van der Waals surface area contributed by atoms with E-state index in [0.717, 1.165) is 36.8 Å². The fraction of sp³-hybridized carbons (Fsp3) is 0.700. The van der Waals surface area contributed by atoms with Crippen molar-refractivity contribution in [1.29, 1.82) is 0 Å². The maximum Gasteiger partial charge on any atom is 0.331 e. The average Bonchev–Trinajstić information content (AvgIpc) is 3.32. The Labute approximate surface area is 219 Å². The molecule has 7 nitrogen and oxygen atoms in total. The summed E-state index contributed by atoms with van der Waals surface area (Å²) in [5.74, 6) is -0.602. The number of rotatable bonds is 3. The minimum absolute atomic E-state index is 0.0831. The minimum atomic E-state index is -0.546. The Balaban J connectivity index is 1.63. The monoisotopic (exact) mass is 512 g/mol. The Bertz CT molecular complexity index is 1130. The van der Waals surface area contributed by atoms with E-state index in [1.165, 1.54) is 13.8 Å². The van der Waals surface area contributed by atoms with Crippen LogP contribution in [0.15, 0.2) is 34.7 Å². The summed E-state index contributed by atoms with van der Waals surface area (Å²) in [5.41, 5.74) is 0.489. The van der Waals surface area contributed by atoms with Crippen molar-refractivity contribution in [1.82, 2.24) is 0 Å². The quantitative estimate of drug-likeness (QED) is 0.366. The van der Waals surface area contributed by atoms with Gasteiger partial charge in [-0.15, -0.1) is 0 Å². The molecule has 0 spiro atoms. The van der Waals surface area contributed by atoms with Gasteiger partial charge < -0.3 is 18.6 Å². The Hall–Kier alpha value is -2.57. The van der Waals surface area contributed by atoms with Crippen LogP contribution in [0.3, 0.4) is 0 Å². The molecule has 0 amide bonds. The summed E-state index contributed by atoms with van der Waals surface area (Å²) in [5, 5.41) is 0. The predicted molar refractivity (Wildman–Crippen MR) is 135 cm³/mol. The van der Waals surface area contributed by atoms with Crippen LogP contribution in [-0.2, 0) is 28.6 Å². The molecule has 4 aliphatic rings. The fourth-order valence-electron chi connectivity index (χ4n) is 9.24. The van der Waals surface area contributed by atoms with E-state index >= 15 is 0 Å². The lowest BCUT2D eigenvalue weighted by atomic mass is 9.36. The zero-order valence-corrected chi connectivity index (χ0v) is 23.1. The molecule has 8 atom stereocenters. The molecule has 0 saturated heterocycles. The normalized spacial score (nSPS) is 42.3. The van der Waals surface area contributed by atoms with Gasteiger partial charge in [-0.05, 0) is 61.0 Å². The van der Waals surface area contributed by atoms with Crippen molar-refractivity contribution >= 4 is 17.9 Å². The molecule has 1 aliphatic heterocycles. The Morgan fingerprint density at radius 1 is 0.946 bits per heavy atom. The molecule has 7 heteroatoms. The van der Waals surface area contributed by atoms with Crippen LogP contribution in [0, 0.1) is 33.5 Å². The van der Waals surface area contributed by atoms with Crippen molar-refractivity contribution in [3.05, 3.63) is 35.8 Å². The number of cyclic esters (lactones) is 1. The van der Waals surface area contributed by atoms with Gasteiger partial charge in [-0.25, -0.2) is 4.79 Å². The molecular weight excluding hydrogens is 472 g/mol. The molecule has 2 unspecified atom stereocenters. The van der Waals surface area contributed by atoms with E-state index in [-0.39, 0.29) is 46.7 Å². The van der Waals surface area contributed by atoms with Gasteiger partial charge in [0.1, 0.15) is 18.3 Å². The predicted octanol–water partition coefficient (Wildman–Crippen LogP) is 5.94. The molecule has 202 valence electrons. The molecule has 0 aromatic carbocycles. The molecule has 1 aromatic heterocycles. The van der Waals surface area contributed by atoms with Crippen molar-refractivity contribution in [3.63, 3.8) is 0 Å². The number of hydrogen-bond acceptors (Lipinski definition) is 7. The van der Waals surface area contributed by atoms with Crippen molar-refractivity contribution in [2.45, 2.75) is 98.9 Å². The summed E-state index contributed by atoms with van der Waals surface area (Å²) in [7, 11) is 0. The Morgan fingerprint density at radius 2 is 1.62 bits per heavy atom. The molecule has 1 aromatic rings. The highest BCUT2D eigenvalue weighted by Crippen LogP contribution is 2.73.